The van der Waals surface area contributed by atoms with Gasteiger partial charge >= 0.3 is 5.97 Å². The summed E-state index contributed by atoms with van der Waals surface area (Å²) in [6, 6.07) is 8.17. The minimum Gasteiger partial charge on any atom is -0.619 e. The van der Waals surface area contributed by atoms with Crippen molar-refractivity contribution in [2.75, 3.05) is 5.32 Å². The molecule has 0 atom stereocenters. The summed E-state index contributed by atoms with van der Waals surface area (Å²) in [4.78, 5) is 33.3. The summed E-state index contributed by atoms with van der Waals surface area (Å²) in [7, 11) is 0. The third-order valence-electron chi connectivity index (χ3n) is 6.30. The van der Waals surface area contributed by atoms with E-state index in [4.69, 9.17) is 4.74 Å². The van der Waals surface area contributed by atoms with Gasteiger partial charge in [-0.25, -0.2) is 14.8 Å². The Labute approximate surface area is 188 Å². The molecule has 0 bridgehead atoms. The number of carbonyl (C=O) groups is 2. The summed E-state index contributed by atoms with van der Waals surface area (Å²) in [6.45, 7) is 0. The van der Waals surface area contributed by atoms with Gasteiger partial charge in [-0.2, -0.15) is 4.73 Å². The van der Waals surface area contributed by atoms with Crippen LogP contribution in [0, 0.1) is 5.21 Å². The summed E-state index contributed by atoms with van der Waals surface area (Å²) in [5.41, 5.74) is -0.440. The summed E-state index contributed by atoms with van der Waals surface area (Å²) in [6.07, 6.45) is 6.07. The third kappa shape index (κ3) is 3.64. The van der Waals surface area contributed by atoms with Crippen LogP contribution in [0.15, 0.2) is 55.1 Å². The number of nitrogens with zero attached hydrogens (tertiary/aromatic N) is 3. The highest BCUT2D eigenvalue weighted by Gasteiger charge is 2.53. The van der Waals surface area contributed by atoms with Gasteiger partial charge in [-0.3, -0.25) is 10.1 Å². The Hall–Kier alpha value is -4.05. The van der Waals surface area contributed by atoms with Crippen LogP contribution in [0.2, 0.25) is 0 Å². The van der Waals surface area contributed by atoms with Crippen LogP contribution in [0.25, 0.3) is 11.1 Å². The number of pyridine rings is 1. The molecule has 2 aliphatic rings. The number of phenolic OH excluding ortho intramolecular Hbond substituents is 1. The highest BCUT2D eigenvalue weighted by atomic mass is 16.6. The van der Waals surface area contributed by atoms with Gasteiger partial charge in [0.15, 0.2) is 12.4 Å². The lowest BCUT2D eigenvalue weighted by Crippen LogP contribution is -2.49. The zero-order valence-corrected chi connectivity index (χ0v) is 17.4. The van der Waals surface area contributed by atoms with E-state index in [9.17, 15) is 25.0 Å². The Morgan fingerprint density at radius 3 is 2.55 bits per heavy atom. The summed E-state index contributed by atoms with van der Waals surface area (Å²) < 4.78 is 6.13. The van der Waals surface area contributed by atoms with Crippen molar-refractivity contribution in [3.05, 3.63) is 71.5 Å². The van der Waals surface area contributed by atoms with Crippen LogP contribution in [-0.4, -0.2) is 37.7 Å². The minimum atomic E-state index is -1.68. The molecular formula is C23H20N4O6. The smallest absolute Gasteiger partial charge is 0.345 e. The van der Waals surface area contributed by atoms with Gasteiger partial charge in [0, 0.05) is 29.6 Å². The van der Waals surface area contributed by atoms with Crippen LogP contribution in [0.1, 0.15) is 41.6 Å². The third-order valence-corrected chi connectivity index (χ3v) is 6.30. The van der Waals surface area contributed by atoms with Gasteiger partial charge in [-0.15, -0.1) is 0 Å². The number of benzene rings is 1. The van der Waals surface area contributed by atoms with Crippen molar-refractivity contribution in [1.82, 2.24) is 9.97 Å². The van der Waals surface area contributed by atoms with Crippen molar-refractivity contribution >= 4 is 17.8 Å². The van der Waals surface area contributed by atoms with Gasteiger partial charge in [-0.1, -0.05) is 12.1 Å². The van der Waals surface area contributed by atoms with E-state index < -0.39 is 23.1 Å². The number of carbonyl (C=O) groups excluding carboxylic acids is 2. The van der Waals surface area contributed by atoms with E-state index >= 15 is 0 Å². The number of rotatable bonds is 3. The molecule has 1 spiro atoms. The number of amides is 1. The number of aromatic nitrogens is 3. The van der Waals surface area contributed by atoms with Crippen molar-refractivity contribution in [1.29, 1.82) is 0 Å². The van der Waals surface area contributed by atoms with Gasteiger partial charge in [0.25, 0.3) is 5.91 Å². The zero-order valence-electron chi connectivity index (χ0n) is 17.4. The Morgan fingerprint density at radius 2 is 1.85 bits per heavy atom. The van der Waals surface area contributed by atoms with Crippen LogP contribution in [0.5, 0.6) is 5.75 Å². The maximum Gasteiger partial charge on any atom is 0.345 e. The number of esters is 1. The summed E-state index contributed by atoms with van der Waals surface area (Å²) >= 11 is 0. The van der Waals surface area contributed by atoms with E-state index in [1.165, 1.54) is 24.8 Å². The maximum atomic E-state index is 12.8. The average Bonchev–Trinajstić information content (AvgIpc) is 3.07. The molecular weight excluding hydrogens is 428 g/mol. The molecule has 1 fully saturated rings. The largest absolute Gasteiger partial charge is 0.619 e. The number of hydrogen-bond acceptors (Lipinski definition) is 8. The molecule has 0 unspecified atom stereocenters. The molecule has 0 radical (unpaired) electrons. The zero-order chi connectivity index (χ0) is 23.2. The van der Waals surface area contributed by atoms with E-state index in [0.29, 0.717) is 15.9 Å². The minimum absolute atomic E-state index is 0.0373. The molecule has 3 N–H and O–H groups in total. The molecule has 1 saturated carbocycles. The Kier molecular flexibility index (Phi) is 4.75. The molecule has 10 nitrogen and oxygen atoms in total. The first-order valence-electron chi connectivity index (χ1n) is 10.4. The lowest BCUT2D eigenvalue weighted by atomic mass is 9.72. The fraction of sp³-hybridized carbons (Fsp3) is 0.261. The number of phenols is 1. The molecule has 2 aromatic heterocycles. The second-order valence-corrected chi connectivity index (χ2v) is 8.35. The van der Waals surface area contributed by atoms with E-state index in [-0.39, 0.29) is 42.9 Å². The normalized spacial score (nSPS) is 23.7. The monoisotopic (exact) mass is 448 g/mol. The lowest BCUT2D eigenvalue weighted by Gasteiger charge is -2.40. The number of anilines is 1. The first kappa shape index (κ1) is 20.8. The van der Waals surface area contributed by atoms with E-state index in [1.807, 2.05) is 0 Å². The summed E-state index contributed by atoms with van der Waals surface area (Å²) in [5, 5.41) is 34.7. The summed E-state index contributed by atoms with van der Waals surface area (Å²) in [5.74, 6) is -1.07. The highest BCUT2D eigenvalue weighted by molar-refractivity contribution is 5.96. The number of aromatic hydroxyl groups is 1. The molecule has 33 heavy (non-hydrogen) atoms. The predicted octanol–water partition coefficient (Wildman–Crippen LogP) is 1.79. The molecule has 1 aromatic carbocycles. The van der Waals surface area contributed by atoms with Crippen LogP contribution >= 0.6 is 0 Å². The fourth-order valence-corrected chi connectivity index (χ4v) is 4.44. The molecule has 5 rings (SSSR count). The lowest BCUT2D eigenvalue weighted by molar-refractivity contribution is -0.605. The number of aliphatic hydroxyl groups is 1. The standard InChI is InChI=1S/C23H20N4O6/c28-16-3-1-2-14(10-16)15-11-24-21(25-12-15)26-20(30)22(31)5-7-23(8-6-22)18-4-9-27(32)13-17(18)19(29)33-23/h1-4,9-13,28,31H,5-8H2,(H,24,25,26,30)/t22-,23-. The maximum absolute atomic E-state index is 12.8. The first-order valence-corrected chi connectivity index (χ1v) is 10.4. The van der Waals surface area contributed by atoms with Crippen molar-refractivity contribution in [3.8, 4) is 16.9 Å². The van der Waals surface area contributed by atoms with Crippen LogP contribution in [0.4, 0.5) is 5.95 Å². The second kappa shape index (κ2) is 7.52. The van der Waals surface area contributed by atoms with Crippen LogP contribution < -0.4 is 10.0 Å². The highest BCUT2D eigenvalue weighted by Crippen LogP contribution is 2.49. The van der Waals surface area contributed by atoms with E-state index in [1.54, 1.807) is 30.3 Å². The van der Waals surface area contributed by atoms with Crippen molar-refractivity contribution < 1.29 is 29.3 Å². The van der Waals surface area contributed by atoms with Crippen LogP contribution in [-0.2, 0) is 15.1 Å². The van der Waals surface area contributed by atoms with Gasteiger partial charge in [0.05, 0.1) is 0 Å². The Balaban J connectivity index is 1.28. The quantitative estimate of drug-likeness (QED) is 0.312. The molecule has 10 heteroatoms. The topological polar surface area (TPSA) is 149 Å². The van der Waals surface area contributed by atoms with Gasteiger partial charge < -0.3 is 20.2 Å². The van der Waals surface area contributed by atoms with Crippen molar-refractivity contribution in [2.24, 2.45) is 0 Å². The average molecular weight is 448 g/mol. The number of hydrogen-bond donors (Lipinski definition) is 3. The van der Waals surface area contributed by atoms with Crippen molar-refractivity contribution in [3.63, 3.8) is 0 Å². The first-order chi connectivity index (χ1) is 15.8. The number of ether oxygens (including phenoxy) is 1. The van der Waals surface area contributed by atoms with Crippen molar-refractivity contribution in [2.45, 2.75) is 36.9 Å². The SMILES string of the molecule is O=C1O[C@]2(CC[C@@](O)(C(=O)Nc3ncc(-c4cccc(O)c4)cn3)CC2)c2cc[n+]([O-])cc21. The molecule has 0 saturated heterocycles. The van der Waals surface area contributed by atoms with Crippen LogP contribution in [0.3, 0.4) is 0 Å². The molecule has 3 heterocycles. The second-order valence-electron chi connectivity index (χ2n) is 8.35. The van der Waals surface area contributed by atoms with E-state index in [2.05, 4.69) is 15.3 Å². The molecule has 1 amide bonds. The van der Waals surface area contributed by atoms with Gasteiger partial charge in [0.1, 0.15) is 22.5 Å². The number of fused-ring (bicyclic) bond motifs is 2. The molecule has 168 valence electrons. The van der Waals surface area contributed by atoms with Gasteiger partial charge in [-0.05, 0) is 43.4 Å². The van der Waals surface area contributed by atoms with Gasteiger partial charge in [0.2, 0.25) is 5.95 Å². The molecule has 1 aliphatic heterocycles. The Morgan fingerprint density at radius 1 is 1.12 bits per heavy atom. The van der Waals surface area contributed by atoms with E-state index in [0.717, 1.165) is 5.56 Å². The molecule has 3 aromatic rings. The predicted molar refractivity (Wildman–Crippen MR) is 114 cm³/mol. The molecule has 1 aliphatic carbocycles. The Bertz CT molecular complexity index is 1250. The fourth-order valence-electron chi connectivity index (χ4n) is 4.44. The number of nitrogens with one attached hydrogen (secondary N) is 1.